The minimum atomic E-state index is 0.143. The van der Waals surface area contributed by atoms with Crippen molar-refractivity contribution in [3.8, 4) is 22.0 Å². The average molecular weight is 435 g/mol. The number of hydrogen-bond donors (Lipinski definition) is 0. The third-order valence-electron chi connectivity index (χ3n) is 5.04. The third-order valence-corrected chi connectivity index (χ3v) is 7.04. The predicted molar refractivity (Wildman–Crippen MR) is 127 cm³/mol. The van der Waals surface area contributed by atoms with Crippen LogP contribution < -0.4 is 0 Å². The highest BCUT2D eigenvalue weighted by Gasteiger charge is 2.16. The van der Waals surface area contributed by atoms with Gasteiger partial charge in [0.25, 0.3) is 0 Å². The Balaban J connectivity index is 1.45. The number of thiazole rings is 1. The molecular weight excluding hydrogens is 408 g/mol. The van der Waals surface area contributed by atoms with Crippen LogP contribution in [0.1, 0.15) is 37.6 Å². The second-order valence-electron chi connectivity index (χ2n) is 8.49. The average Bonchev–Trinajstić information content (AvgIpc) is 3.33. The van der Waals surface area contributed by atoms with Crippen molar-refractivity contribution in [2.45, 2.75) is 44.0 Å². The molecule has 0 aliphatic heterocycles. The molecule has 0 fully saturated rings. The first-order valence-corrected chi connectivity index (χ1v) is 11.8. The molecule has 0 saturated carbocycles. The van der Waals surface area contributed by atoms with Crippen LogP contribution in [0, 0.1) is 6.92 Å². The van der Waals surface area contributed by atoms with Gasteiger partial charge in [0.05, 0.1) is 5.69 Å². The molecule has 0 amide bonds. The SMILES string of the molecule is Cc1ccc(-c2nc(CSc3nnc(-c4ccc(C(C)(C)C)cc4)n3C)cs2)cc1. The van der Waals surface area contributed by atoms with Gasteiger partial charge in [-0.2, -0.15) is 0 Å². The van der Waals surface area contributed by atoms with Gasteiger partial charge in [-0.15, -0.1) is 21.5 Å². The molecule has 0 atom stereocenters. The molecule has 0 bridgehead atoms. The number of benzene rings is 2. The molecule has 4 nitrogen and oxygen atoms in total. The maximum Gasteiger partial charge on any atom is 0.191 e. The molecule has 2 heterocycles. The van der Waals surface area contributed by atoms with Gasteiger partial charge in [0, 0.05) is 29.3 Å². The largest absolute Gasteiger partial charge is 0.305 e. The molecule has 0 saturated heterocycles. The van der Waals surface area contributed by atoms with Crippen LogP contribution in [0.2, 0.25) is 0 Å². The molecule has 0 spiro atoms. The lowest BCUT2D eigenvalue weighted by molar-refractivity contribution is 0.590. The van der Waals surface area contributed by atoms with Gasteiger partial charge in [0.15, 0.2) is 11.0 Å². The number of thioether (sulfide) groups is 1. The minimum absolute atomic E-state index is 0.143. The van der Waals surface area contributed by atoms with Crippen molar-refractivity contribution in [3.05, 3.63) is 70.7 Å². The number of aromatic nitrogens is 4. The molecule has 2 aromatic heterocycles. The lowest BCUT2D eigenvalue weighted by atomic mass is 9.87. The summed E-state index contributed by atoms with van der Waals surface area (Å²) in [5.74, 6) is 1.66. The predicted octanol–water partition coefficient (Wildman–Crippen LogP) is 6.50. The van der Waals surface area contributed by atoms with Crippen LogP contribution in [0.4, 0.5) is 0 Å². The zero-order valence-electron chi connectivity index (χ0n) is 18.0. The number of hydrogen-bond acceptors (Lipinski definition) is 5. The Hall–Kier alpha value is -2.44. The van der Waals surface area contributed by atoms with Crippen LogP contribution >= 0.6 is 23.1 Å². The molecule has 30 heavy (non-hydrogen) atoms. The summed E-state index contributed by atoms with van der Waals surface area (Å²) in [4.78, 5) is 4.79. The summed E-state index contributed by atoms with van der Waals surface area (Å²) >= 11 is 3.35. The summed E-state index contributed by atoms with van der Waals surface area (Å²) in [7, 11) is 2.02. The lowest BCUT2D eigenvalue weighted by Gasteiger charge is -2.19. The Morgan fingerprint density at radius 3 is 2.27 bits per heavy atom. The fourth-order valence-corrected chi connectivity index (χ4v) is 4.89. The number of nitrogens with zero attached hydrogens (tertiary/aromatic N) is 4. The van der Waals surface area contributed by atoms with E-state index in [1.54, 1.807) is 23.1 Å². The quantitative estimate of drug-likeness (QED) is 0.336. The molecule has 154 valence electrons. The van der Waals surface area contributed by atoms with E-state index in [1.165, 1.54) is 16.7 Å². The molecule has 6 heteroatoms. The van der Waals surface area contributed by atoms with Gasteiger partial charge in [0.1, 0.15) is 5.01 Å². The van der Waals surface area contributed by atoms with Crippen molar-refractivity contribution in [1.29, 1.82) is 0 Å². The van der Waals surface area contributed by atoms with Crippen LogP contribution in [0.3, 0.4) is 0 Å². The first-order valence-electron chi connectivity index (χ1n) is 9.96. The van der Waals surface area contributed by atoms with E-state index in [-0.39, 0.29) is 5.41 Å². The van der Waals surface area contributed by atoms with Gasteiger partial charge in [-0.05, 0) is 17.9 Å². The Morgan fingerprint density at radius 1 is 0.933 bits per heavy atom. The van der Waals surface area contributed by atoms with Crippen LogP contribution in [-0.2, 0) is 18.2 Å². The van der Waals surface area contributed by atoms with Gasteiger partial charge in [-0.25, -0.2) is 4.98 Å². The maximum atomic E-state index is 4.79. The van der Waals surface area contributed by atoms with Crippen LogP contribution in [0.5, 0.6) is 0 Å². The summed E-state index contributed by atoms with van der Waals surface area (Å²) in [6.07, 6.45) is 0. The molecular formula is C24H26N4S2. The Kier molecular flexibility index (Phi) is 5.80. The van der Waals surface area contributed by atoms with Crippen LogP contribution in [-0.4, -0.2) is 19.7 Å². The first kappa shape index (κ1) is 20.8. The van der Waals surface area contributed by atoms with Crippen LogP contribution in [0.15, 0.2) is 59.1 Å². The molecule has 0 aliphatic carbocycles. The van der Waals surface area contributed by atoms with Gasteiger partial charge < -0.3 is 4.57 Å². The molecule has 2 aromatic carbocycles. The van der Waals surface area contributed by atoms with E-state index in [1.807, 2.05) is 7.05 Å². The molecule has 4 aromatic rings. The van der Waals surface area contributed by atoms with Gasteiger partial charge in [-0.1, -0.05) is 86.6 Å². The second kappa shape index (κ2) is 8.36. The van der Waals surface area contributed by atoms with E-state index < -0.39 is 0 Å². The Bertz CT molecular complexity index is 1130. The summed E-state index contributed by atoms with van der Waals surface area (Å²) < 4.78 is 2.06. The lowest BCUT2D eigenvalue weighted by Crippen LogP contribution is -2.10. The zero-order valence-corrected chi connectivity index (χ0v) is 19.6. The summed E-state index contributed by atoms with van der Waals surface area (Å²) in [6.45, 7) is 8.77. The van der Waals surface area contributed by atoms with Crippen molar-refractivity contribution >= 4 is 23.1 Å². The van der Waals surface area contributed by atoms with Crippen LogP contribution in [0.25, 0.3) is 22.0 Å². The van der Waals surface area contributed by atoms with Gasteiger partial charge in [-0.3, -0.25) is 0 Å². The highest BCUT2D eigenvalue weighted by Crippen LogP contribution is 2.30. The van der Waals surface area contributed by atoms with Crippen molar-refractivity contribution in [3.63, 3.8) is 0 Å². The smallest absolute Gasteiger partial charge is 0.191 e. The van der Waals surface area contributed by atoms with E-state index in [2.05, 4.69) is 96.4 Å². The van der Waals surface area contributed by atoms with Gasteiger partial charge in [0.2, 0.25) is 0 Å². The van der Waals surface area contributed by atoms with Gasteiger partial charge >= 0.3 is 0 Å². The van der Waals surface area contributed by atoms with E-state index in [4.69, 9.17) is 4.98 Å². The summed E-state index contributed by atoms with van der Waals surface area (Å²) in [5.41, 5.74) is 6.04. The highest BCUT2D eigenvalue weighted by atomic mass is 32.2. The molecule has 4 rings (SSSR count). The third kappa shape index (κ3) is 4.50. The van der Waals surface area contributed by atoms with Crippen molar-refractivity contribution < 1.29 is 0 Å². The van der Waals surface area contributed by atoms with E-state index in [9.17, 15) is 0 Å². The second-order valence-corrected chi connectivity index (χ2v) is 10.3. The van der Waals surface area contributed by atoms with E-state index >= 15 is 0 Å². The zero-order chi connectivity index (χ0) is 21.3. The number of aryl methyl sites for hydroxylation is 1. The normalized spacial score (nSPS) is 11.8. The molecule has 0 unspecified atom stereocenters. The summed E-state index contributed by atoms with van der Waals surface area (Å²) in [5, 5.41) is 12.9. The van der Waals surface area contributed by atoms with Crippen molar-refractivity contribution in [1.82, 2.24) is 19.7 Å². The Morgan fingerprint density at radius 2 is 1.60 bits per heavy atom. The van der Waals surface area contributed by atoms with Crippen molar-refractivity contribution in [2.24, 2.45) is 7.05 Å². The minimum Gasteiger partial charge on any atom is -0.305 e. The fraction of sp³-hybridized carbons (Fsp3) is 0.292. The molecule has 0 aliphatic rings. The maximum absolute atomic E-state index is 4.79. The van der Waals surface area contributed by atoms with Crippen molar-refractivity contribution in [2.75, 3.05) is 0 Å². The van der Waals surface area contributed by atoms with E-state index in [0.29, 0.717) is 0 Å². The fourth-order valence-electron chi connectivity index (χ4n) is 3.15. The highest BCUT2D eigenvalue weighted by molar-refractivity contribution is 7.98. The van der Waals surface area contributed by atoms with E-state index in [0.717, 1.165) is 33.0 Å². The monoisotopic (exact) mass is 434 g/mol. The first-order chi connectivity index (χ1) is 14.3. The molecule has 0 N–H and O–H groups in total. The Labute approximate surface area is 186 Å². The molecule has 0 radical (unpaired) electrons. The standard InChI is InChI=1S/C24H26N4S2/c1-16-6-8-18(9-7-16)22-25-20(14-29-22)15-30-23-27-26-21(28(23)5)17-10-12-19(13-11-17)24(2,3)4/h6-14H,15H2,1-5H3. The number of rotatable bonds is 5. The topological polar surface area (TPSA) is 43.6 Å². The summed E-state index contributed by atoms with van der Waals surface area (Å²) in [6, 6.07) is 17.1.